The zero-order valence-electron chi connectivity index (χ0n) is 23.3. The Morgan fingerprint density at radius 3 is 2.71 bits per heavy atom. The van der Waals surface area contributed by atoms with Crippen molar-refractivity contribution in [2.75, 3.05) is 37.7 Å². The quantitative estimate of drug-likeness (QED) is 0.346. The van der Waals surface area contributed by atoms with Gasteiger partial charge in [-0.1, -0.05) is 36.3 Å². The van der Waals surface area contributed by atoms with E-state index >= 15 is 4.39 Å². The summed E-state index contributed by atoms with van der Waals surface area (Å²) >= 11 is 0. The molecule has 2 bridgehead atoms. The lowest BCUT2D eigenvalue weighted by molar-refractivity contribution is 0.107. The molecular formula is C33H32F2N6O. The highest BCUT2D eigenvalue weighted by molar-refractivity contribution is 6.02. The fourth-order valence-electron chi connectivity index (χ4n) is 7.79. The first-order chi connectivity index (χ1) is 20.5. The van der Waals surface area contributed by atoms with Crippen LogP contribution in [-0.4, -0.2) is 76.4 Å². The van der Waals surface area contributed by atoms with Crippen LogP contribution in [0.4, 0.5) is 14.6 Å². The van der Waals surface area contributed by atoms with Gasteiger partial charge in [0.1, 0.15) is 29.8 Å². The Bertz CT molecular complexity index is 1740. The van der Waals surface area contributed by atoms with Crippen LogP contribution < -0.4 is 15.0 Å². The van der Waals surface area contributed by atoms with Crippen LogP contribution in [0, 0.1) is 18.2 Å². The van der Waals surface area contributed by atoms with Crippen molar-refractivity contribution in [3.63, 3.8) is 0 Å². The van der Waals surface area contributed by atoms with E-state index in [1.165, 1.54) is 0 Å². The van der Waals surface area contributed by atoms with Crippen molar-refractivity contribution in [1.29, 1.82) is 0 Å². The van der Waals surface area contributed by atoms with Gasteiger partial charge in [-0.2, -0.15) is 9.97 Å². The lowest BCUT2D eigenvalue weighted by Gasteiger charge is -2.34. The standard InChI is InChI=1S/C33H32F2N6O/c1-2-20-6-3-7-21-8-4-9-25(27(20)21)29-28(35)30-26(15-36-29)31(40-17-23-10-11-24(18-40)37-23)39-32(38-30)42-19-33-12-5-13-41(33)16-22(34)14-33/h1,3-4,6-9,15,22-24,37H,5,10-14,16-19H2/t22-,23?,24?,33+/m1/s1. The summed E-state index contributed by atoms with van der Waals surface area (Å²) in [6, 6.07) is 12.2. The summed E-state index contributed by atoms with van der Waals surface area (Å²) in [5.74, 6) is 2.83. The second kappa shape index (κ2) is 9.85. The van der Waals surface area contributed by atoms with Crippen molar-refractivity contribution >= 4 is 27.5 Å². The molecule has 0 aliphatic carbocycles. The van der Waals surface area contributed by atoms with E-state index in [2.05, 4.69) is 31.0 Å². The molecule has 2 unspecified atom stereocenters. The van der Waals surface area contributed by atoms with Crippen molar-refractivity contribution in [2.45, 2.75) is 55.9 Å². The number of ether oxygens (including phenoxy) is 1. The zero-order chi connectivity index (χ0) is 28.4. The van der Waals surface area contributed by atoms with Crippen LogP contribution in [0.2, 0.25) is 0 Å². The summed E-state index contributed by atoms with van der Waals surface area (Å²) in [5, 5.41) is 5.89. The van der Waals surface area contributed by atoms with Gasteiger partial charge in [0.15, 0.2) is 5.82 Å². The van der Waals surface area contributed by atoms with Crippen LogP contribution in [0.5, 0.6) is 6.01 Å². The largest absolute Gasteiger partial charge is 0.461 e. The third-order valence-electron chi connectivity index (χ3n) is 9.71. The second-order valence-corrected chi connectivity index (χ2v) is 12.3. The van der Waals surface area contributed by atoms with Crippen molar-refractivity contribution < 1.29 is 13.5 Å². The van der Waals surface area contributed by atoms with Crippen molar-refractivity contribution in [1.82, 2.24) is 25.2 Å². The zero-order valence-corrected chi connectivity index (χ0v) is 23.3. The normalized spacial score (nSPS) is 27.1. The first-order valence-electron chi connectivity index (χ1n) is 14.9. The number of hydrogen-bond donors (Lipinski definition) is 1. The minimum Gasteiger partial charge on any atom is -0.461 e. The van der Waals surface area contributed by atoms with Crippen LogP contribution in [-0.2, 0) is 0 Å². The number of pyridine rings is 1. The molecule has 4 aromatic rings. The van der Waals surface area contributed by atoms with E-state index in [1.54, 1.807) is 6.20 Å². The summed E-state index contributed by atoms with van der Waals surface area (Å²) in [6.45, 7) is 3.11. The highest BCUT2D eigenvalue weighted by Gasteiger charge is 2.49. The molecular weight excluding hydrogens is 534 g/mol. The van der Waals surface area contributed by atoms with E-state index in [0.29, 0.717) is 47.4 Å². The maximum absolute atomic E-state index is 16.7. The smallest absolute Gasteiger partial charge is 0.319 e. The second-order valence-electron chi connectivity index (χ2n) is 12.3. The average molecular weight is 567 g/mol. The number of nitrogens with one attached hydrogen (secondary N) is 1. The first kappa shape index (κ1) is 25.8. The molecule has 0 radical (unpaired) electrons. The van der Waals surface area contributed by atoms with Gasteiger partial charge in [-0.25, -0.2) is 8.78 Å². The molecule has 6 heterocycles. The van der Waals surface area contributed by atoms with Gasteiger partial charge < -0.3 is 15.0 Å². The van der Waals surface area contributed by atoms with E-state index in [9.17, 15) is 4.39 Å². The predicted octanol–water partition coefficient (Wildman–Crippen LogP) is 4.86. The highest BCUT2D eigenvalue weighted by atomic mass is 19.1. The number of piperazine rings is 1. The van der Waals surface area contributed by atoms with Gasteiger partial charge in [-0.15, -0.1) is 6.42 Å². The van der Waals surface area contributed by atoms with E-state index in [1.807, 2.05) is 36.4 Å². The summed E-state index contributed by atoms with van der Waals surface area (Å²) in [4.78, 5) is 18.5. The van der Waals surface area contributed by atoms with Gasteiger partial charge in [-0.3, -0.25) is 9.88 Å². The van der Waals surface area contributed by atoms with Crippen molar-refractivity contribution in [2.24, 2.45) is 0 Å². The van der Waals surface area contributed by atoms with E-state index in [4.69, 9.17) is 16.1 Å². The van der Waals surface area contributed by atoms with Crippen molar-refractivity contribution in [3.05, 3.63) is 54.0 Å². The van der Waals surface area contributed by atoms with Crippen LogP contribution in [0.3, 0.4) is 0 Å². The Hall–Kier alpha value is -3.87. The molecule has 4 fully saturated rings. The van der Waals surface area contributed by atoms with Crippen LogP contribution >= 0.6 is 0 Å². The molecule has 0 saturated carbocycles. The number of anilines is 1. The molecule has 0 spiro atoms. The SMILES string of the molecule is C#Cc1cccc2cccc(-c3ncc4c(N5CC6CCC(C5)N6)nc(OC[C@@]56CCCN5C[C@H](F)C6)nc4c3F)c12. The Balaban J connectivity index is 1.25. The molecule has 2 aromatic heterocycles. The topological polar surface area (TPSA) is 66.4 Å². The Morgan fingerprint density at radius 2 is 1.90 bits per heavy atom. The fraction of sp³-hybridized carbons (Fsp3) is 0.424. The van der Waals surface area contributed by atoms with Gasteiger partial charge in [0.25, 0.3) is 0 Å². The Morgan fingerprint density at radius 1 is 1.10 bits per heavy atom. The third-order valence-corrected chi connectivity index (χ3v) is 9.71. The number of terminal acetylenes is 1. The summed E-state index contributed by atoms with van der Waals surface area (Å²) in [7, 11) is 0. The van der Waals surface area contributed by atoms with Gasteiger partial charge in [0, 0.05) is 60.8 Å². The molecule has 8 rings (SSSR count). The number of benzene rings is 2. The molecule has 4 aliphatic heterocycles. The van der Waals surface area contributed by atoms with Crippen LogP contribution in [0.15, 0.2) is 42.6 Å². The number of aromatic nitrogens is 3. The maximum Gasteiger partial charge on any atom is 0.319 e. The van der Waals surface area contributed by atoms with Crippen molar-refractivity contribution in [3.8, 4) is 29.6 Å². The van der Waals surface area contributed by atoms with Gasteiger partial charge in [-0.05, 0) is 43.7 Å². The number of fused-ring (bicyclic) bond motifs is 5. The Labute approximate surface area is 243 Å². The third kappa shape index (κ3) is 4.11. The monoisotopic (exact) mass is 566 g/mol. The van der Waals surface area contributed by atoms with Crippen LogP contribution in [0.25, 0.3) is 32.9 Å². The van der Waals surface area contributed by atoms with Gasteiger partial charge >= 0.3 is 6.01 Å². The molecule has 4 aliphatic rings. The first-order valence-corrected chi connectivity index (χ1v) is 14.9. The summed E-state index contributed by atoms with van der Waals surface area (Å²) in [5.41, 5.74) is 1.28. The van der Waals surface area contributed by atoms with E-state index in [-0.39, 0.29) is 29.4 Å². The summed E-state index contributed by atoms with van der Waals surface area (Å²) in [6.07, 6.45) is 11.2. The number of nitrogens with zero attached hydrogens (tertiary/aromatic N) is 5. The van der Waals surface area contributed by atoms with E-state index < -0.39 is 12.0 Å². The van der Waals surface area contributed by atoms with Gasteiger partial charge in [0.2, 0.25) is 0 Å². The number of halogens is 2. The maximum atomic E-state index is 16.7. The number of rotatable bonds is 5. The lowest BCUT2D eigenvalue weighted by Crippen LogP contribution is -2.51. The molecule has 1 N–H and O–H groups in total. The number of alkyl halides is 1. The molecule has 4 saturated heterocycles. The Kier molecular flexibility index (Phi) is 6.06. The minimum absolute atomic E-state index is 0.116. The van der Waals surface area contributed by atoms with Crippen LogP contribution in [0.1, 0.15) is 37.7 Å². The highest BCUT2D eigenvalue weighted by Crippen LogP contribution is 2.41. The van der Waals surface area contributed by atoms with Gasteiger partial charge in [0.05, 0.1) is 10.9 Å². The molecule has 214 valence electrons. The molecule has 2 aromatic carbocycles. The molecule has 0 amide bonds. The predicted molar refractivity (Wildman–Crippen MR) is 159 cm³/mol. The molecule has 7 nitrogen and oxygen atoms in total. The fourth-order valence-corrected chi connectivity index (χ4v) is 7.79. The molecule has 4 atom stereocenters. The molecule has 42 heavy (non-hydrogen) atoms. The average Bonchev–Trinajstić information content (AvgIpc) is 3.65. The minimum atomic E-state index is -0.863. The van der Waals surface area contributed by atoms with E-state index in [0.717, 1.165) is 56.1 Å². The number of hydrogen-bond acceptors (Lipinski definition) is 7. The summed E-state index contributed by atoms with van der Waals surface area (Å²) < 4.78 is 37.4. The lowest BCUT2D eigenvalue weighted by atomic mass is 9.95. The molecule has 9 heteroatoms.